The van der Waals surface area contributed by atoms with Gasteiger partial charge in [-0.25, -0.2) is 0 Å². The minimum Gasteiger partial charge on any atom is -0.493 e. The Kier molecular flexibility index (Phi) is 7.13. The Balaban J connectivity index is 1.65. The molecule has 0 spiro atoms. The van der Waals surface area contributed by atoms with Gasteiger partial charge in [-0.15, -0.1) is 11.3 Å². The number of benzene rings is 2. The molecule has 156 valence electrons. The molecule has 1 heterocycles. The molecule has 0 aliphatic heterocycles. The lowest BCUT2D eigenvalue weighted by atomic mass is 10.0. The smallest absolute Gasteiger partial charge is 0.387 e. The molecule has 0 fully saturated rings. The largest absolute Gasteiger partial charge is 0.493 e. The van der Waals surface area contributed by atoms with E-state index in [2.05, 4.69) is 10.1 Å². The first kappa shape index (κ1) is 21.4. The second-order valence-corrected chi connectivity index (χ2v) is 7.17. The molecule has 2 aromatic carbocycles. The molecule has 0 bridgehead atoms. The number of ketones is 1. The van der Waals surface area contributed by atoms with Crippen molar-refractivity contribution in [1.29, 1.82) is 0 Å². The number of hydrogen-bond donors (Lipinski definition) is 1. The third-order valence-electron chi connectivity index (χ3n) is 4.30. The highest BCUT2D eigenvalue weighted by Crippen LogP contribution is 2.29. The second kappa shape index (κ2) is 9.98. The van der Waals surface area contributed by atoms with Gasteiger partial charge < -0.3 is 14.8 Å². The van der Waals surface area contributed by atoms with E-state index >= 15 is 0 Å². The van der Waals surface area contributed by atoms with Crippen LogP contribution in [-0.2, 0) is 6.42 Å². The number of thiophene rings is 1. The van der Waals surface area contributed by atoms with Crippen molar-refractivity contribution in [3.63, 3.8) is 0 Å². The second-order valence-electron chi connectivity index (χ2n) is 6.22. The van der Waals surface area contributed by atoms with Gasteiger partial charge in [0.2, 0.25) is 5.78 Å². The van der Waals surface area contributed by atoms with Crippen molar-refractivity contribution in [1.82, 2.24) is 5.32 Å². The minimum absolute atomic E-state index is 0.0543. The first-order valence-corrected chi connectivity index (χ1v) is 9.94. The molecule has 8 heteroatoms. The number of carbonyl (C=O) groups is 2. The van der Waals surface area contributed by atoms with E-state index < -0.39 is 6.61 Å². The lowest BCUT2D eigenvalue weighted by Gasteiger charge is -2.12. The Morgan fingerprint density at radius 2 is 1.80 bits per heavy atom. The summed E-state index contributed by atoms with van der Waals surface area (Å²) in [7, 11) is 1.36. The van der Waals surface area contributed by atoms with Gasteiger partial charge in [-0.05, 0) is 41.6 Å². The number of rotatable bonds is 9. The highest BCUT2D eigenvalue weighted by atomic mass is 32.1. The summed E-state index contributed by atoms with van der Waals surface area (Å²) in [5.74, 6) is -0.428. The molecular formula is C22H19F2NO4S. The number of amides is 1. The van der Waals surface area contributed by atoms with E-state index in [1.807, 2.05) is 5.38 Å². The Morgan fingerprint density at radius 3 is 2.47 bits per heavy atom. The summed E-state index contributed by atoms with van der Waals surface area (Å²) in [6.07, 6.45) is 0.443. The topological polar surface area (TPSA) is 64.6 Å². The molecule has 0 aliphatic carbocycles. The molecule has 0 unspecified atom stereocenters. The van der Waals surface area contributed by atoms with Crippen molar-refractivity contribution >= 4 is 23.0 Å². The normalized spacial score (nSPS) is 10.7. The van der Waals surface area contributed by atoms with Crippen LogP contribution in [-0.4, -0.2) is 32.0 Å². The predicted molar refractivity (Wildman–Crippen MR) is 110 cm³/mol. The number of alkyl halides is 2. The molecule has 3 rings (SSSR count). The minimum atomic E-state index is -2.94. The molecule has 3 aromatic rings. The van der Waals surface area contributed by atoms with Crippen LogP contribution < -0.4 is 14.8 Å². The third-order valence-corrected chi connectivity index (χ3v) is 5.17. The summed E-state index contributed by atoms with van der Waals surface area (Å²) in [4.78, 5) is 25.9. The Hall–Kier alpha value is -3.26. The number of carbonyl (C=O) groups excluding carboxylic acids is 2. The van der Waals surface area contributed by atoms with E-state index in [1.54, 1.807) is 48.5 Å². The van der Waals surface area contributed by atoms with E-state index in [0.717, 1.165) is 5.56 Å². The van der Waals surface area contributed by atoms with E-state index in [1.165, 1.54) is 24.5 Å². The molecule has 0 radical (unpaired) electrons. The molecule has 0 atom stereocenters. The summed E-state index contributed by atoms with van der Waals surface area (Å²) >= 11 is 1.32. The molecule has 1 N–H and O–H groups in total. The predicted octanol–water partition coefficient (Wildman–Crippen LogP) is 4.56. The van der Waals surface area contributed by atoms with Crippen LogP contribution in [0.25, 0.3) is 0 Å². The maximum Gasteiger partial charge on any atom is 0.387 e. The number of halogens is 2. The maximum absolute atomic E-state index is 12.7. The highest BCUT2D eigenvalue weighted by molar-refractivity contribution is 7.12. The van der Waals surface area contributed by atoms with E-state index in [-0.39, 0.29) is 23.2 Å². The first-order chi connectivity index (χ1) is 14.5. The van der Waals surface area contributed by atoms with Gasteiger partial charge in [0.15, 0.2) is 11.5 Å². The number of hydrogen-bond acceptors (Lipinski definition) is 5. The van der Waals surface area contributed by atoms with Crippen molar-refractivity contribution in [2.45, 2.75) is 13.0 Å². The number of ether oxygens (including phenoxy) is 2. The molecule has 0 saturated heterocycles. The standard InChI is InChI=1S/C22H19F2NO4S/c1-28-18-13-14(8-9-17(18)29-22(23)24)10-11-25-21(27)16-6-3-2-5-15(16)20(26)19-7-4-12-30-19/h2-9,12-13,22H,10-11H2,1H3,(H,25,27). The molecule has 1 amide bonds. The lowest BCUT2D eigenvalue weighted by molar-refractivity contribution is -0.0512. The van der Waals surface area contributed by atoms with Gasteiger partial charge in [0.05, 0.1) is 17.6 Å². The fourth-order valence-electron chi connectivity index (χ4n) is 2.90. The van der Waals surface area contributed by atoms with Crippen molar-refractivity contribution in [3.8, 4) is 11.5 Å². The molecule has 1 aromatic heterocycles. The van der Waals surface area contributed by atoms with Crippen LogP contribution in [0.15, 0.2) is 60.0 Å². The zero-order valence-corrected chi connectivity index (χ0v) is 16.9. The van der Waals surface area contributed by atoms with Crippen LogP contribution in [0, 0.1) is 0 Å². The van der Waals surface area contributed by atoms with Crippen LogP contribution in [0.4, 0.5) is 8.78 Å². The van der Waals surface area contributed by atoms with Crippen LogP contribution >= 0.6 is 11.3 Å². The van der Waals surface area contributed by atoms with Crippen molar-refractivity contribution in [2.24, 2.45) is 0 Å². The van der Waals surface area contributed by atoms with Gasteiger partial charge in [0.25, 0.3) is 5.91 Å². The average molecular weight is 431 g/mol. The zero-order valence-electron chi connectivity index (χ0n) is 16.1. The monoisotopic (exact) mass is 431 g/mol. The molecular weight excluding hydrogens is 412 g/mol. The molecule has 5 nitrogen and oxygen atoms in total. The SMILES string of the molecule is COc1cc(CCNC(=O)c2ccccc2C(=O)c2cccs2)ccc1OC(F)F. The first-order valence-electron chi connectivity index (χ1n) is 9.06. The lowest BCUT2D eigenvalue weighted by Crippen LogP contribution is -2.27. The van der Waals surface area contributed by atoms with E-state index in [4.69, 9.17) is 4.74 Å². The molecule has 0 saturated carbocycles. The van der Waals surface area contributed by atoms with Gasteiger partial charge in [-0.1, -0.05) is 30.3 Å². The summed E-state index contributed by atoms with van der Waals surface area (Å²) in [5.41, 5.74) is 1.42. The number of nitrogens with one attached hydrogen (secondary N) is 1. The van der Waals surface area contributed by atoms with Crippen LogP contribution in [0.1, 0.15) is 31.2 Å². The third kappa shape index (κ3) is 5.21. The van der Waals surface area contributed by atoms with Crippen molar-refractivity contribution in [2.75, 3.05) is 13.7 Å². The Labute approximate surface area is 176 Å². The highest BCUT2D eigenvalue weighted by Gasteiger charge is 2.18. The van der Waals surface area contributed by atoms with Gasteiger partial charge in [0.1, 0.15) is 0 Å². The molecule has 30 heavy (non-hydrogen) atoms. The Bertz CT molecular complexity index is 1020. The summed E-state index contributed by atoms with van der Waals surface area (Å²) in [6.45, 7) is -2.65. The van der Waals surface area contributed by atoms with Gasteiger partial charge >= 0.3 is 6.61 Å². The fourth-order valence-corrected chi connectivity index (χ4v) is 3.57. The maximum atomic E-state index is 12.7. The van der Waals surface area contributed by atoms with Crippen LogP contribution in [0.3, 0.4) is 0 Å². The van der Waals surface area contributed by atoms with Crippen molar-refractivity contribution in [3.05, 3.63) is 81.5 Å². The van der Waals surface area contributed by atoms with Gasteiger partial charge in [0, 0.05) is 12.1 Å². The van der Waals surface area contributed by atoms with Gasteiger partial charge in [-0.2, -0.15) is 8.78 Å². The van der Waals surface area contributed by atoms with Crippen LogP contribution in [0.5, 0.6) is 11.5 Å². The van der Waals surface area contributed by atoms with Crippen molar-refractivity contribution < 1.29 is 27.8 Å². The summed E-state index contributed by atoms with van der Waals surface area (Å²) in [5, 5.41) is 4.60. The van der Waals surface area contributed by atoms with Crippen LogP contribution in [0.2, 0.25) is 0 Å². The Morgan fingerprint density at radius 1 is 1.03 bits per heavy atom. The average Bonchev–Trinajstić information content (AvgIpc) is 3.28. The van der Waals surface area contributed by atoms with E-state index in [9.17, 15) is 18.4 Å². The van der Waals surface area contributed by atoms with Gasteiger partial charge in [-0.3, -0.25) is 9.59 Å². The quantitative estimate of drug-likeness (QED) is 0.505. The number of methoxy groups -OCH3 is 1. The molecule has 0 aliphatic rings. The summed E-state index contributed by atoms with van der Waals surface area (Å²) < 4.78 is 34.3. The van der Waals surface area contributed by atoms with E-state index in [0.29, 0.717) is 29.0 Å². The summed E-state index contributed by atoms with van der Waals surface area (Å²) in [6, 6.07) is 14.8. The zero-order chi connectivity index (χ0) is 21.5. The fraction of sp³-hybridized carbons (Fsp3) is 0.182.